The fourth-order valence-electron chi connectivity index (χ4n) is 3.56. The van der Waals surface area contributed by atoms with Crippen molar-refractivity contribution >= 4 is 15.6 Å². The van der Waals surface area contributed by atoms with Gasteiger partial charge in [0.1, 0.15) is 5.78 Å². The van der Waals surface area contributed by atoms with Crippen molar-refractivity contribution in [2.75, 3.05) is 0 Å². The number of rotatable bonds is 8. The molecule has 31 heavy (non-hydrogen) atoms. The maximum atomic E-state index is 13.1. The van der Waals surface area contributed by atoms with Gasteiger partial charge >= 0.3 is 0 Å². The summed E-state index contributed by atoms with van der Waals surface area (Å²) in [6.45, 7) is 3.70. The molecule has 0 unspecified atom stereocenters. The number of hydrogen-bond donors (Lipinski definition) is 0. The first kappa shape index (κ1) is 21.4. The number of benzene rings is 1. The van der Waals surface area contributed by atoms with Gasteiger partial charge in [-0.15, -0.1) is 0 Å². The molecule has 0 amide bonds. The van der Waals surface area contributed by atoms with Crippen LogP contribution < -0.4 is 0 Å². The molecule has 1 aliphatic rings. The van der Waals surface area contributed by atoms with Crippen molar-refractivity contribution in [2.45, 2.75) is 49.5 Å². The van der Waals surface area contributed by atoms with Crippen LogP contribution in [0.3, 0.4) is 0 Å². The molecule has 1 aromatic carbocycles. The van der Waals surface area contributed by atoms with Gasteiger partial charge in [-0.25, -0.2) is 8.42 Å². The second-order valence-corrected chi connectivity index (χ2v) is 11.0. The molecule has 4 rings (SSSR count). The van der Waals surface area contributed by atoms with Crippen LogP contribution in [0.25, 0.3) is 11.1 Å². The molecule has 0 spiro atoms. The smallest absolute Gasteiger partial charge is 0.158 e. The molecular weight excluding hydrogens is 408 g/mol. The number of carbonyl (C=O) groups is 1. The summed E-state index contributed by atoms with van der Waals surface area (Å²) in [4.78, 5) is 21.8. The standard InChI is InChI=1S/C25H26N2O3S/c1-25(2,23-7-3-6-21(27-23)17-31(29,30)22-12-13-22)24(28)15-18-8-10-19(11-9-18)20-5-4-14-26-16-20/h3-11,14,16,22H,12-13,15,17H2,1-2H3. The fourth-order valence-corrected chi connectivity index (χ4v) is 5.22. The summed E-state index contributed by atoms with van der Waals surface area (Å²) in [6.07, 6.45) is 5.32. The number of ketones is 1. The summed E-state index contributed by atoms with van der Waals surface area (Å²) < 4.78 is 24.6. The molecule has 0 N–H and O–H groups in total. The van der Waals surface area contributed by atoms with E-state index in [9.17, 15) is 13.2 Å². The number of Topliss-reactive ketones (excluding diaryl/α,β-unsaturated/α-hetero) is 1. The minimum Gasteiger partial charge on any atom is -0.298 e. The highest BCUT2D eigenvalue weighted by Crippen LogP contribution is 2.31. The predicted molar refractivity (Wildman–Crippen MR) is 121 cm³/mol. The molecule has 1 saturated carbocycles. The van der Waals surface area contributed by atoms with Gasteiger partial charge in [0.15, 0.2) is 9.84 Å². The Hall–Kier alpha value is -2.86. The molecule has 160 valence electrons. The molecule has 0 aliphatic heterocycles. The number of nitrogens with zero attached hydrogens (tertiary/aromatic N) is 2. The Kier molecular flexibility index (Phi) is 5.75. The van der Waals surface area contributed by atoms with Crippen molar-refractivity contribution in [1.29, 1.82) is 0 Å². The Balaban J connectivity index is 1.48. The van der Waals surface area contributed by atoms with Crippen LogP contribution in [-0.2, 0) is 32.2 Å². The molecule has 2 aromatic heterocycles. The highest BCUT2D eigenvalue weighted by Gasteiger charge is 2.36. The Morgan fingerprint density at radius 1 is 1.00 bits per heavy atom. The van der Waals surface area contributed by atoms with E-state index in [1.807, 2.05) is 56.4 Å². The number of carbonyl (C=O) groups excluding carboxylic acids is 1. The minimum atomic E-state index is -3.15. The van der Waals surface area contributed by atoms with Gasteiger partial charge in [0.2, 0.25) is 0 Å². The lowest BCUT2D eigenvalue weighted by atomic mass is 9.81. The van der Waals surface area contributed by atoms with Crippen molar-refractivity contribution in [3.8, 4) is 11.1 Å². The lowest BCUT2D eigenvalue weighted by Gasteiger charge is -2.23. The maximum absolute atomic E-state index is 13.1. The van der Waals surface area contributed by atoms with E-state index in [1.165, 1.54) is 0 Å². The first-order valence-electron chi connectivity index (χ1n) is 10.5. The van der Waals surface area contributed by atoms with Crippen LogP contribution in [0.15, 0.2) is 67.0 Å². The zero-order valence-electron chi connectivity index (χ0n) is 17.8. The van der Waals surface area contributed by atoms with Gasteiger partial charge < -0.3 is 0 Å². The molecule has 5 nitrogen and oxygen atoms in total. The Morgan fingerprint density at radius 2 is 1.74 bits per heavy atom. The third-order valence-electron chi connectivity index (χ3n) is 5.84. The van der Waals surface area contributed by atoms with E-state index in [4.69, 9.17) is 0 Å². The van der Waals surface area contributed by atoms with Crippen LogP contribution in [0.4, 0.5) is 0 Å². The quantitative estimate of drug-likeness (QED) is 0.528. The Labute approximate surface area is 183 Å². The third-order valence-corrected chi connectivity index (χ3v) is 8.02. The molecule has 0 saturated heterocycles. The molecule has 1 aliphatic carbocycles. The van der Waals surface area contributed by atoms with Crippen LogP contribution in [-0.4, -0.2) is 29.4 Å². The molecule has 6 heteroatoms. The summed E-state index contributed by atoms with van der Waals surface area (Å²) in [5.41, 5.74) is 3.30. The van der Waals surface area contributed by atoms with Crippen LogP contribution >= 0.6 is 0 Å². The average molecular weight is 435 g/mol. The number of aromatic nitrogens is 2. The third kappa shape index (κ3) is 4.90. The van der Waals surface area contributed by atoms with E-state index in [-0.39, 0.29) is 23.2 Å². The number of pyridine rings is 2. The molecule has 2 heterocycles. The van der Waals surface area contributed by atoms with E-state index >= 15 is 0 Å². The van der Waals surface area contributed by atoms with Crippen LogP contribution in [0.2, 0.25) is 0 Å². The zero-order valence-corrected chi connectivity index (χ0v) is 18.6. The Morgan fingerprint density at radius 3 is 2.39 bits per heavy atom. The Bertz CT molecular complexity index is 1180. The van der Waals surface area contributed by atoms with Crippen LogP contribution in [0.5, 0.6) is 0 Å². The lowest BCUT2D eigenvalue weighted by Crippen LogP contribution is -2.32. The van der Waals surface area contributed by atoms with E-state index in [1.54, 1.807) is 24.4 Å². The van der Waals surface area contributed by atoms with E-state index in [0.29, 0.717) is 11.4 Å². The van der Waals surface area contributed by atoms with Crippen molar-refractivity contribution in [3.05, 3.63) is 83.9 Å². The molecule has 0 radical (unpaired) electrons. The minimum absolute atomic E-state index is 0.0383. The number of hydrogen-bond acceptors (Lipinski definition) is 5. The van der Waals surface area contributed by atoms with Gasteiger partial charge in [0.05, 0.1) is 27.8 Å². The SMILES string of the molecule is CC(C)(C(=O)Cc1ccc(-c2cccnc2)cc1)c1cccc(CS(=O)(=O)C2CC2)n1. The number of sulfone groups is 1. The molecule has 1 fully saturated rings. The average Bonchev–Trinajstić information content (AvgIpc) is 3.61. The summed E-state index contributed by atoms with van der Waals surface area (Å²) in [5, 5.41) is -0.220. The molecule has 3 aromatic rings. The topological polar surface area (TPSA) is 77.0 Å². The zero-order chi connectivity index (χ0) is 22.1. The van der Waals surface area contributed by atoms with Crippen LogP contribution in [0.1, 0.15) is 43.6 Å². The van der Waals surface area contributed by atoms with Gasteiger partial charge in [0.25, 0.3) is 0 Å². The van der Waals surface area contributed by atoms with Crippen molar-refractivity contribution in [3.63, 3.8) is 0 Å². The van der Waals surface area contributed by atoms with Gasteiger partial charge in [-0.05, 0) is 61.6 Å². The molecule has 0 atom stereocenters. The van der Waals surface area contributed by atoms with Gasteiger partial charge in [0, 0.05) is 18.8 Å². The summed E-state index contributed by atoms with van der Waals surface area (Å²) >= 11 is 0. The summed E-state index contributed by atoms with van der Waals surface area (Å²) in [7, 11) is -3.15. The van der Waals surface area contributed by atoms with Crippen LogP contribution in [0, 0.1) is 0 Å². The van der Waals surface area contributed by atoms with Gasteiger partial charge in [-0.1, -0.05) is 36.4 Å². The van der Waals surface area contributed by atoms with Crippen molar-refractivity contribution in [2.24, 2.45) is 0 Å². The monoisotopic (exact) mass is 434 g/mol. The van der Waals surface area contributed by atoms with E-state index in [2.05, 4.69) is 9.97 Å². The van der Waals surface area contributed by atoms with Gasteiger partial charge in [-0.3, -0.25) is 14.8 Å². The predicted octanol–water partition coefficient (Wildman–Crippen LogP) is 4.31. The molecule has 0 bridgehead atoms. The van der Waals surface area contributed by atoms with E-state index in [0.717, 1.165) is 29.5 Å². The maximum Gasteiger partial charge on any atom is 0.158 e. The van der Waals surface area contributed by atoms with Gasteiger partial charge in [-0.2, -0.15) is 0 Å². The second-order valence-electron chi connectivity index (χ2n) is 8.68. The van der Waals surface area contributed by atoms with Crippen molar-refractivity contribution < 1.29 is 13.2 Å². The summed E-state index contributed by atoms with van der Waals surface area (Å²) in [5.74, 6) is -0.0256. The second kappa shape index (κ2) is 8.35. The normalized spacial score (nSPS) is 14.4. The highest BCUT2D eigenvalue weighted by molar-refractivity contribution is 7.91. The lowest BCUT2D eigenvalue weighted by molar-refractivity contribution is -0.122. The summed E-state index contributed by atoms with van der Waals surface area (Å²) in [6, 6.07) is 17.1. The van der Waals surface area contributed by atoms with Crippen molar-refractivity contribution in [1.82, 2.24) is 9.97 Å². The highest BCUT2D eigenvalue weighted by atomic mass is 32.2. The first-order chi connectivity index (χ1) is 14.8. The largest absolute Gasteiger partial charge is 0.298 e. The fraction of sp³-hybridized carbons (Fsp3) is 0.320. The first-order valence-corrected chi connectivity index (χ1v) is 12.2. The molecular formula is C25H26N2O3S. The van der Waals surface area contributed by atoms with E-state index < -0.39 is 15.3 Å².